The first-order valence-corrected chi connectivity index (χ1v) is 5.48. The molecule has 0 amide bonds. The van der Waals surface area contributed by atoms with Gasteiger partial charge in [0.05, 0.1) is 6.10 Å². The Hall–Kier alpha value is -0.120. The van der Waals surface area contributed by atoms with Gasteiger partial charge in [-0.1, -0.05) is 0 Å². The molecule has 76 valence electrons. The molecule has 1 saturated heterocycles. The molecule has 0 spiro atoms. The van der Waals surface area contributed by atoms with Crippen molar-refractivity contribution in [3.63, 3.8) is 0 Å². The van der Waals surface area contributed by atoms with Gasteiger partial charge >= 0.3 is 0 Å². The zero-order chi connectivity index (χ0) is 9.10. The van der Waals surface area contributed by atoms with Gasteiger partial charge in [-0.15, -0.1) is 0 Å². The molecule has 0 radical (unpaired) electrons. The van der Waals surface area contributed by atoms with E-state index >= 15 is 0 Å². The average Bonchev–Trinajstić information content (AvgIpc) is 2.88. The molecule has 1 aliphatic heterocycles. The second kappa shape index (κ2) is 4.40. The standard InChI is InChI=1S/C10H20N2O/c13-10-2-1-6-12(8-10)7-5-11-9-3-4-9/h9-11,13H,1-8H2. The van der Waals surface area contributed by atoms with Gasteiger partial charge in [-0.05, 0) is 32.2 Å². The first-order valence-electron chi connectivity index (χ1n) is 5.48. The van der Waals surface area contributed by atoms with E-state index in [0.717, 1.165) is 38.5 Å². The van der Waals surface area contributed by atoms with E-state index in [1.165, 1.54) is 19.4 Å². The fourth-order valence-corrected chi connectivity index (χ4v) is 1.95. The van der Waals surface area contributed by atoms with Gasteiger partial charge in [0.1, 0.15) is 0 Å². The molecule has 0 aromatic carbocycles. The summed E-state index contributed by atoms with van der Waals surface area (Å²) < 4.78 is 0. The Morgan fingerprint density at radius 1 is 1.31 bits per heavy atom. The number of β-amino-alcohol motifs (C(OH)–C–C–N with tert-alkyl or cyclic N) is 1. The van der Waals surface area contributed by atoms with E-state index in [9.17, 15) is 5.11 Å². The van der Waals surface area contributed by atoms with Crippen LogP contribution in [0.3, 0.4) is 0 Å². The fourth-order valence-electron chi connectivity index (χ4n) is 1.95. The van der Waals surface area contributed by atoms with E-state index in [2.05, 4.69) is 10.2 Å². The van der Waals surface area contributed by atoms with E-state index < -0.39 is 0 Å². The highest BCUT2D eigenvalue weighted by atomic mass is 16.3. The van der Waals surface area contributed by atoms with Gasteiger partial charge < -0.3 is 10.4 Å². The molecule has 2 aliphatic rings. The maximum Gasteiger partial charge on any atom is 0.0667 e. The van der Waals surface area contributed by atoms with Crippen molar-refractivity contribution in [3.05, 3.63) is 0 Å². The second-order valence-electron chi connectivity index (χ2n) is 4.33. The normalized spacial score (nSPS) is 30.7. The zero-order valence-electron chi connectivity index (χ0n) is 8.21. The van der Waals surface area contributed by atoms with Gasteiger partial charge in [-0.2, -0.15) is 0 Å². The molecule has 1 atom stereocenters. The van der Waals surface area contributed by atoms with Gasteiger partial charge in [-0.25, -0.2) is 0 Å². The predicted molar refractivity (Wildman–Crippen MR) is 52.7 cm³/mol. The first-order chi connectivity index (χ1) is 6.34. The summed E-state index contributed by atoms with van der Waals surface area (Å²) >= 11 is 0. The lowest BCUT2D eigenvalue weighted by Crippen LogP contribution is -2.41. The summed E-state index contributed by atoms with van der Waals surface area (Å²) in [6, 6.07) is 0.815. The highest BCUT2D eigenvalue weighted by Crippen LogP contribution is 2.18. The Labute approximate surface area is 80.1 Å². The molecule has 2 rings (SSSR count). The summed E-state index contributed by atoms with van der Waals surface area (Å²) in [5.41, 5.74) is 0. The number of aliphatic hydroxyl groups excluding tert-OH is 1. The summed E-state index contributed by atoms with van der Waals surface area (Å²) in [4.78, 5) is 2.36. The number of hydrogen-bond donors (Lipinski definition) is 2. The van der Waals surface area contributed by atoms with Gasteiger partial charge in [0.25, 0.3) is 0 Å². The Kier molecular flexibility index (Phi) is 3.19. The zero-order valence-corrected chi connectivity index (χ0v) is 8.21. The van der Waals surface area contributed by atoms with Crippen molar-refractivity contribution in [3.8, 4) is 0 Å². The average molecular weight is 184 g/mol. The highest BCUT2D eigenvalue weighted by Gasteiger charge is 2.21. The number of hydrogen-bond acceptors (Lipinski definition) is 3. The van der Waals surface area contributed by atoms with Crippen molar-refractivity contribution >= 4 is 0 Å². The lowest BCUT2D eigenvalue weighted by atomic mass is 10.1. The molecular formula is C10H20N2O. The Morgan fingerprint density at radius 3 is 2.85 bits per heavy atom. The number of nitrogens with one attached hydrogen (secondary N) is 1. The monoisotopic (exact) mass is 184 g/mol. The van der Waals surface area contributed by atoms with Crippen LogP contribution in [-0.4, -0.2) is 48.3 Å². The molecule has 2 N–H and O–H groups in total. The van der Waals surface area contributed by atoms with Crippen molar-refractivity contribution in [2.45, 2.75) is 37.8 Å². The van der Waals surface area contributed by atoms with Crippen LogP contribution in [0, 0.1) is 0 Å². The third-order valence-electron chi connectivity index (χ3n) is 2.92. The van der Waals surface area contributed by atoms with Crippen molar-refractivity contribution < 1.29 is 5.11 Å². The molecular weight excluding hydrogens is 164 g/mol. The Balaban J connectivity index is 1.56. The molecule has 1 saturated carbocycles. The summed E-state index contributed by atoms with van der Waals surface area (Å²) in [5.74, 6) is 0. The number of nitrogens with zero attached hydrogens (tertiary/aromatic N) is 1. The summed E-state index contributed by atoms with van der Waals surface area (Å²) in [7, 11) is 0. The number of piperidine rings is 1. The van der Waals surface area contributed by atoms with Crippen molar-refractivity contribution in [2.24, 2.45) is 0 Å². The minimum Gasteiger partial charge on any atom is -0.392 e. The summed E-state index contributed by atoms with van der Waals surface area (Å²) in [6.07, 6.45) is 4.80. The van der Waals surface area contributed by atoms with Crippen LogP contribution in [0.15, 0.2) is 0 Å². The lowest BCUT2D eigenvalue weighted by molar-refractivity contribution is 0.0712. The second-order valence-corrected chi connectivity index (χ2v) is 4.33. The largest absolute Gasteiger partial charge is 0.392 e. The van der Waals surface area contributed by atoms with E-state index in [1.54, 1.807) is 0 Å². The lowest BCUT2D eigenvalue weighted by Gasteiger charge is -2.29. The van der Waals surface area contributed by atoms with Crippen LogP contribution in [0.25, 0.3) is 0 Å². The maximum absolute atomic E-state index is 9.44. The summed E-state index contributed by atoms with van der Waals surface area (Å²) in [5, 5.41) is 12.9. The summed E-state index contributed by atoms with van der Waals surface area (Å²) in [6.45, 7) is 4.25. The van der Waals surface area contributed by atoms with Crippen LogP contribution in [0.2, 0.25) is 0 Å². The maximum atomic E-state index is 9.44. The Morgan fingerprint density at radius 2 is 2.15 bits per heavy atom. The topological polar surface area (TPSA) is 35.5 Å². The van der Waals surface area contributed by atoms with Crippen LogP contribution in [-0.2, 0) is 0 Å². The van der Waals surface area contributed by atoms with Crippen LogP contribution >= 0.6 is 0 Å². The molecule has 1 unspecified atom stereocenters. The molecule has 13 heavy (non-hydrogen) atoms. The minimum absolute atomic E-state index is 0.0744. The fraction of sp³-hybridized carbons (Fsp3) is 1.00. The minimum atomic E-state index is -0.0744. The number of rotatable bonds is 4. The van der Waals surface area contributed by atoms with E-state index in [0.29, 0.717) is 0 Å². The molecule has 2 fully saturated rings. The number of aliphatic hydroxyl groups is 1. The van der Waals surface area contributed by atoms with Gasteiger partial charge in [-0.3, -0.25) is 4.90 Å². The smallest absolute Gasteiger partial charge is 0.0667 e. The van der Waals surface area contributed by atoms with Crippen LogP contribution < -0.4 is 5.32 Å². The SMILES string of the molecule is OC1CCCN(CCNC2CC2)C1. The third kappa shape index (κ3) is 3.25. The third-order valence-corrected chi connectivity index (χ3v) is 2.92. The molecule has 3 nitrogen and oxygen atoms in total. The molecule has 1 aliphatic carbocycles. The quantitative estimate of drug-likeness (QED) is 0.655. The number of likely N-dealkylation sites (tertiary alicyclic amines) is 1. The van der Waals surface area contributed by atoms with Crippen molar-refractivity contribution in [1.82, 2.24) is 10.2 Å². The molecule has 0 aromatic rings. The molecule has 0 bridgehead atoms. The van der Waals surface area contributed by atoms with E-state index in [1.807, 2.05) is 0 Å². The van der Waals surface area contributed by atoms with Crippen molar-refractivity contribution in [2.75, 3.05) is 26.2 Å². The highest BCUT2D eigenvalue weighted by molar-refractivity contribution is 4.81. The molecule has 0 aromatic heterocycles. The van der Waals surface area contributed by atoms with Crippen LogP contribution in [0.5, 0.6) is 0 Å². The molecule has 3 heteroatoms. The van der Waals surface area contributed by atoms with Gasteiger partial charge in [0.2, 0.25) is 0 Å². The Bertz CT molecular complexity index is 159. The van der Waals surface area contributed by atoms with Crippen molar-refractivity contribution in [1.29, 1.82) is 0 Å². The van der Waals surface area contributed by atoms with Crippen LogP contribution in [0.1, 0.15) is 25.7 Å². The van der Waals surface area contributed by atoms with E-state index in [-0.39, 0.29) is 6.10 Å². The molecule has 1 heterocycles. The van der Waals surface area contributed by atoms with Gasteiger partial charge in [0.15, 0.2) is 0 Å². The first kappa shape index (κ1) is 9.44. The van der Waals surface area contributed by atoms with Crippen LogP contribution in [0.4, 0.5) is 0 Å². The van der Waals surface area contributed by atoms with E-state index in [4.69, 9.17) is 0 Å². The predicted octanol–water partition coefficient (Wildman–Crippen LogP) is 0.195. The van der Waals surface area contributed by atoms with Gasteiger partial charge in [0, 0.05) is 25.7 Å².